The summed E-state index contributed by atoms with van der Waals surface area (Å²) in [7, 11) is -3.69. The summed E-state index contributed by atoms with van der Waals surface area (Å²) in [6, 6.07) is 10.0. The van der Waals surface area contributed by atoms with Crippen molar-refractivity contribution in [1.82, 2.24) is 9.97 Å². The van der Waals surface area contributed by atoms with Crippen LogP contribution in [0, 0.1) is 0 Å². The molecule has 20 heavy (non-hydrogen) atoms. The second-order valence-electron chi connectivity index (χ2n) is 4.28. The van der Waals surface area contributed by atoms with Gasteiger partial charge in [-0.2, -0.15) is 0 Å². The SMILES string of the molecule is Nc1ccc2c(S(=O)(=O)Nc3ccccn3)c[nH]c2c1. The van der Waals surface area contributed by atoms with Gasteiger partial charge >= 0.3 is 0 Å². The standard InChI is InChI=1S/C13H12N4O2S/c14-9-4-5-10-11(7-9)16-8-12(10)20(18,19)17-13-3-1-2-6-15-13/h1-8,16H,14H2,(H,15,17). The molecule has 0 radical (unpaired) electrons. The molecule has 102 valence electrons. The predicted octanol–water partition coefficient (Wildman–Crippen LogP) is 1.95. The molecular weight excluding hydrogens is 276 g/mol. The van der Waals surface area contributed by atoms with E-state index in [0.717, 1.165) is 0 Å². The van der Waals surface area contributed by atoms with Crippen molar-refractivity contribution in [3.8, 4) is 0 Å². The molecule has 0 atom stereocenters. The highest BCUT2D eigenvalue weighted by Gasteiger charge is 2.19. The number of nitrogens with zero attached hydrogens (tertiary/aromatic N) is 1. The van der Waals surface area contributed by atoms with Crippen molar-refractivity contribution in [3.05, 3.63) is 48.8 Å². The number of nitrogens with one attached hydrogen (secondary N) is 2. The molecule has 1 aromatic carbocycles. The van der Waals surface area contributed by atoms with Gasteiger partial charge in [-0.1, -0.05) is 6.07 Å². The molecule has 3 rings (SSSR count). The summed E-state index contributed by atoms with van der Waals surface area (Å²) in [5.74, 6) is 0.275. The quantitative estimate of drug-likeness (QED) is 0.641. The van der Waals surface area contributed by atoms with Crippen LogP contribution < -0.4 is 10.5 Å². The van der Waals surface area contributed by atoms with Gasteiger partial charge in [-0.15, -0.1) is 0 Å². The van der Waals surface area contributed by atoms with Crippen molar-refractivity contribution in [2.45, 2.75) is 4.90 Å². The molecule has 7 heteroatoms. The van der Waals surface area contributed by atoms with E-state index in [1.54, 1.807) is 36.4 Å². The second kappa shape index (κ2) is 4.53. The molecule has 0 saturated carbocycles. The Morgan fingerprint density at radius 3 is 2.80 bits per heavy atom. The highest BCUT2D eigenvalue weighted by atomic mass is 32.2. The number of H-pyrrole nitrogens is 1. The molecule has 0 aliphatic rings. The number of aromatic amines is 1. The van der Waals surface area contributed by atoms with Crippen molar-refractivity contribution in [3.63, 3.8) is 0 Å². The number of aromatic nitrogens is 2. The van der Waals surface area contributed by atoms with Crippen molar-refractivity contribution in [1.29, 1.82) is 0 Å². The van der Waals surface area contributed by atoms with E-state index < -0.39 is 10.0 Å². The molecule has 2 heterocycles. The highest BCUT2D eigenvalue weighted by molar-refractivity contribution is 7.93. The second-order valence-corrected chi connectivity index (χ2v) is 5.93. The fourth-order valence-corrected chi connectivity index (χ4v) is 3.14. The molecule has 0 amide bonds. The molecule has 0 fully saturated rings. The molecule has 6 nitrogen and oxygen atoms in total. The number of pyridine rings is 1. The first-order valence-electron chi connectivity index (χ1n) is 5.87. The van der Waals surface area contributed by atoms with Crippen molar-refractivity contribution in [2.24, 2.45) is 0 Å². The first-order valence-corrected chi connectivity index (χ1v) is 7.35. The topological polar surface area (TPSA) is 101 Å². The minimum absolute atomic E-state index is 0.165. The average Bonchev–Trinajstić information content (AvgIpc) is 2.83. The van der Waals surface area contributed by atoms with Gasteiger partial charge in [0.25, 0.3) is 10.0 Å². The van der Waals surface area contributed by atoms with Crippen LogP contribution in [0.3, 0.4) is 0 Å². The van der Waals surface area contributed by atoms with Gasteiger partial charge in [-0.25, -0.2) is 13.4 Å². The zero-order chi connectivity index (χ0) is 14.2. The Labute approximate surface area is 115 Å². The molecule has 3 aromatic rings. The minimum Gasteiger partial charge on any atom is -0.399 e. The van der Waals surface area contributed by atoms with E-state index >= 15 is 0 Å². The zero-order valence-corrected chi connectivity index (χ0v) is 11.2. The predicted molar refractivity (Wildman–Crippen MR) is 77.8 cm³/mol. The Bertz CT molecular complexity index is 856. The number of nitrogen functional groups attached to an aromatic ring is 1. The van der Waals surface area contributed by atoms with Crippen LogP contribution in [0.15, 0.2) is 53.7 Å². The fourth-order valence-electron chi connectivity index (χ4n) is 1.96. The number of sulfonamides is 1. The molecule has 0 unspecified atom stereocenters. The lowest BCUT2D eigenvalue weighted by Gasteiger charge is -2.05. The number of fused-ring (bicyclic) bond motifs is 1. The van der Waals surface area contributed by atoms with E-state index in [4.69, 9.17) is 5.73 Å². The van der Waals surface area contributed by atoms with Gasteiger partial charge in [0, 0.05) is 29.0 Å². The molecule has 4 N–H and O–H groups in total. The Hall–Kier alpha value is -2.54. The lowest BCUT2D eigenvalue weighted by molar-refractivity contribution is 0.602. The molecule has 2 aromatic heterocycles. The maximum absolute atomic E-state index is 12.4. The summed E-state index contributed by atoms with van der Waals surface area (Å²) in [5.41, 5.74) is 6.91. The first kappa shape index (κ1) is 12.5. The monoisotopic (exact) mass is 288 g/mol. The largest absolute Gasteiger partial charge is 0.399 e. The van der Waals surface area contributed by atoms with Gasteiger partial charge in [-0.05, 0) is 30.3 Å². The van der Waals surface area contributed by atoms with Gasteiger partial charge in [0.15, 0.2) is 0 Å². The number of anilines is 2. The number of hydrogen-bond acceptors (Lipinski definition) is 4. The van der Waals surface area contributed by atoms with E-state index in [1.807, 2.05) is 0 Å². The van der Waals surface area contributed by atoms with E-state index in [1.165, 1.54) is 12.4 Å². The summed E-state index contributed by atoms with van der Waals surface area (Å²) >= 11 is 0. The van der Waals surface area contributed by atoms with E-state index in [9.17, 15) is 8.42 Å². The van der Waals surface area contributed by atoms with Crippen LogP contribution in [0.25, 0.3) is 10.9 Å². The number of hydrogen-bond donors (Lipinski definition) is 3. The smallest absolute Gasteiger partial charge is 0.265 e. The molecule has 0 bridgehead atoms. The third kappa shape index (κ3) is 2.19. The average molecular weight is 288 g/mol. The summed E-state index contributed by atoms with van der Waals surface area (Å²) in [6.45, 7) is 0. The normalized spacial score (nSPS) is 11.6. The summed E-state index contributed by atoms with van der Waals surface area (Å²) < 4.78 is 27.2. The minimum atomic E-state index is -3.69. The first-order chi connectivity index (χ1) is 9.56. The third-order valence-electron chi connectivity index (χ3n) is 2.86. The Morgan fingerprint density at radius 2 is 2.05 bits per heavy atom. The van der Waals surface area contributed by atoms with Crippen molar-refractivity contribution in [2.75, 3.05) is 10.5 Å². The van der Waals surface area contributed by atoms with Gasteiger partial charge in [-0.3, -0.25) is 4.72 Å². The van der Waals surface area contributed by atoms with Gasteiger partial charge in [0.1, 0.15) is 10.7 Å². The van der Waals surface area contributed by atoms with Crippen LogP contribution in [0.1, 0.15) is 0 Å². The van der Waals surface area contributed by atoms with E-state index in [0.29, 0.717) is 16.6 Å². The van der Waals surface area contributed by atoms with Crippen LogP contribution in [0.5, 0.6) is 0 Å². The van der Waals surface area contributed by atoms with Crippen LogP contribution in [0.4, 0.5) is 11.5 Å². The van der Waals surface area contributed by atoms with Gasteiger partial charge in [0.2, 0.25) is 0 Å². The van der Waals surface area contributed by atoms with Gasteiger partial charge < -0.3 is 10.7 Å². The van der Waals surface area contributed by atoms with Crippen molar-refractivity contribution < 1.29 is 8.42 Å². The van der Waals surface area contributed by atoms with Crippen LogP contribution in [-0.2, 0) is 10.0 Å². The Morgan fingerprint density at radius 1 is 1.20 bits per heavy atom. The zero-order valence-electron chi connectivity index (χ0n) is 10.4. The summed E-state index contributed by atoms with van der Waals surface area (Å²) in [4.78, 5) is 7.01. The third-order valence-corrected chi connectivity index (χ3v) is 4.26. The number of nitrogens with two attached hydrogens (primary N) is 1. The van der Waals surface area contributed by atoms with Crippen LogP contribution >= 0.6 is 0 Å². The van der Waals surface area contributed by atoms with Crippen LogP contribution in [0.2, 0.25) is 0 Å². The molecule has 0 aliphatic heterocycles. The summed E-state index contributed by atoms with van der Waals surface area (Å²) in [6.07, 6.45) is 2.96. The van der Waals surface area contributed by atoms with E-state index in [-0.39, 0.29) is 10.7 Å². The van der Waals surface area contributed by atoms with Crippen LogP contribution in [-0.4, -0.2) is 18.4 Å². The molecule has 0 saturated heterocycles. The Kier molecular flexibility index (Phi) is 2.83. The summed E-state index contributed by atoms with van der Waals surface area (Å²) in [5, 5.41) is 0.586. The lowest BCUT2D eigenvalue weighted by atomic mass is 10.2. The molecule has 0 aliphatic carbocycles. The number of rotatable bonds is 3. The highest BCUT2D eigenvalue weighted by Crippen LogP contribution is 2.25. The number of benzene rings is 1. The maximum atomic E-state index is 12.4. The lowest BCUT2D eigenvalue weighted by Crippen LogP contribution is -2.13. The maximum Gasteiger partial charge on any atom is 0.265 e. The Balaban J connectivity index is 2.06. The van der Waals surface area contributed by atoms with E-state index in [2.05, 4.69) is 14.7 Å². The fraction of sp³-hybridized carbons (Fsp3) is 0. The van der Waals surface area contributed by atoms with Crippen molar-refractivity contribution >= 4 is 32.4 Å². The van der Waals surface area contributed by atoms with Gasteiger partial charge in [0.05, 0.1) is 0 Å². The molecular formula is C13H12N4O2S. The molecule has 0 spiro atoms.